The number of halogens is 2. The summed E-state index contributed by atoms with van der Waals surface area (Å²) in [6, 6.07) is 9.13. The van der Waals surface area contributed by atoms with E-state index in [2.05, 4.69) is 26.2 Å². The monoisotopic (exact) mass is 351 g/mol. The Hall–Kier alpha value is -1.77. The number of H-pyrrole nitrogens is 1. The molecule has 102 valence electrons. The molecule has 0 radical (unpaired) electrons. The lowest BCUT2D eigenvalue weighted by molar-refractivity contribution is 0.0950. The van der Waals surface area contributed by atoms with Crippen LogP contribution in [0.3, 0.4) is 0 Å². The normalized spacial score (nSPS) is 10.1. The molecule has 4 nitrogen and oxygen atoms in total. The molecular weight excluding hydrogens is 342 g/mol. The van der Waals surface area contributed by atoms with E-state index in [1.54, 1.807) is 0 Å². The zero-order valence-electron chi connectivity index (χ0n) is 10.4. The van der Waals surface area contributed by atoms with Gasteiger partial charge in [-0.25, -0.2) is 0 Å². The first-order chi connectivity index (χ1) is 9.60. The third kappa shape index (κ3) is 3.62. The predicted octanol–water partition coefficient (Wildman–Crippen LogP) is 3.27. The second kappa shape index (κ2) is 6.60. The van der Waals surface area contributed by atoms with Crippen molar-refractivity contribution in [1.29, 1.82) is 5.26 Å². The second-order valence-corrected chi connectivity index (χ2v) is 5.48. The first-order valence-electron chi connectivity index (χ1n) is 5.91. The standard InChI is InChI=1S/C14H11BrClN3O/c15-11-2-1-10(12(16)6-11)3-4-18-14(20)13-5-9(7-17)8-19-13/h1-2,5-6,8,19H,3-4H2,(H,18,20). The maximum Gasteiger partial charge on any atom is 0.267 e. The van der Waals surface area contributed by atoms with Gasteiger partial charge < -0.3 is 10.3 Å². The molecule has 6 heteroatoms. The number of nitrogens with one attached hydrogen (secondary N) is 2. The van der Waals surface area contributed by atoms with Crippen molar-refractivity contribution in [2.75, 3.05) is 6.54 Å². The van der Waals surface area contributed by atoms with E-state index in [4.69, 9.17) is 16.9 Å². The van der Waals surface area contributed by atoms with Crippen LogP contribution in [-0.4, -0.2) is 17.4 Å². The van der Waals surface area contributed by atoms with Crippen LogP contribution < -0.4 is 5.32 Å². The molecule has 1 amide bonds. The molecule has 0 aliphatic rings. The number of carbonyl (C=O) groups excluding carboxylic acids is 1. The molecule has 0 spiro atoms. The van der Waals surface area contributed by atoms with Crippen LogP contribution in [-0.2, 0) is 6.42 Å². The number of aromatic amines is 1. The van der Waals surface area contributed by atoms with E-state index in [1.807, 2.05) is 24.3 Å². The largest absolute Gasteiger partial charge is 0.356 e. The van der Waals surface area contributed by atoms with Crippen LogP contribution in [0.1, 0.15) is 21.6 Å². The van der Waals surface area contributed by atoms with Crippen molar-refractivity contribution >= 4 is 33.4 Å². The summed E-state index contributed by atoms with van der Waals surface area (Å²) in [6.45, 7) is 0.473. The van der Waals surface area contributed by atoms with Gasteiger partial charge in [-0.05, 0) is 30.2 Å². The van der Waals surface area contributed by atoms with Gasteiger partial charge in [-0.1, -0.05) is 33.6 Å². The van der Waals surface area contributed by atoms with Crippen molar-refractivity contribution in [3.8, 4) is 6.07 Å². The Morgan fingerprint density at radius 1 is 1.45 bits per heavy atom. The summed E-state index contributed by atoms with van der Waals surface area (Å²) in [6.07, 6.45) is 2.14. The molecule has 2 aromatic rings. The average molecular weight is 353 g/mol. The van der Waals surface area contributed by atoms with E-state index in [0.29, 0.717) is 29.2 Å². The van der Waals surface area contributed by atoms with E-state index in [-0.39, 0.29) is 5.91 Å². The smallest absolute Gasteiger partial charge is 0.267 e. The molecule has 0 aliphatic carbocycles. The molecule has 1 heterocycles. The van der Waals surface area contributed by atoms with Crippen LogP contribution >= 0.6 is 27.5 Å². The maximum atomic E-state index is 11.8. The number of rotatable bonds is 4. The Kier molecular flexibility index (Phi) is 4.83. The molecule has 0 fully saturated rings. The van der Waals surface area contributed by atoms with Gasteiger partial charge in [-0.15, -0.1) is 0 Å². The molecule has 0 saturated heterocycles. The number of nitriles is 1. The highest BCUT2D eigenvalue weighted by Crippen LogP contribution is 2.21. The van der Waals surface area contributed by atoms with Crippen molar-refractivity contribution in [3.05, 3.63) is 56.8 Å². The van der Waals surface area contributed by atoms with E-state index < -0.39 is 0 Å². The van der Waals surface area contributed by atoms with E-state index >= 15 is 0 Å². The van der Waals surface area contributed by atoms with Gasteiger partial charge in [-0.2, -0.15) is 5.26 Å². The first kappa shape index (κ1) is 14.6. The third-order valence-corrected chi connectivity index (χ3v) is 3.60. The van der Waals surface area contributed by atoms with Crippen LogP contribution in [0.4, 0.5) is 0 Å². The highest BCUT2D eigenvalue weighted by atomic mass is 79.9. The maximum absolute atomic E-state index is 11.8. The number of hydrogen-bond donors (Lipinski definition) is 2. The molecule has 0 aliphatic heterocycles. The fourth-order valence-corrected chi connectivity index (χ4v) is 2.49. The molecule has 20 heavy (non-hydrogen) atoms. The number of nitrogens with zero attached hydrogens (tertiary/aromatic N) is 1. The fraction of sp³-hybridized carbons (Fsp3) is 0.143. The van der Waals surface area contributed by atoms with E-state index in [0.717, 1.165) is 10.0 Å². The van der Waals surface area contributed by atoms with Crippen LogP contribution in [0.2, 0.25) is 5.02 Å². The first-order valence-corrected chi connectivity index (χ1v) is 7.08. The van der Waals surface area contributed by atoms with Crippen molar-refractivity contribution < 1.29 is 4.79 Å². The average Bonchev–Trinajstić information content (AvgIpc) is 2.90. The van der Waals surface area contributed by atoms with E-state index in [9.17, 15) is 4.79 Å². The summed E-state index contributed by atoms with van der Waals surface area (Å²) in [5.41, 5.74) is 1.79. The topological polar surface area (TPSA) is 68.7 Å². The second-order valence-electron chi connectivity index (χ2n) is 4.16. The van der Waals surface area contributed by atoms with Gasteiger partial charge in [0.05, 0.1) is 5.56 Å². The van der Waals surface area contributed by atoms with Gasteiger partial charge in [-0.3, -0.25) is 4.79 Å². The molecule has 2 rings (SSSR count). The molecule has 1 aromatic heterocycles. The molecule has 2 N–H and O–H groups in total. The lowest BCUT2D eigenvalue weighted by Crippen LogP contribution is -2.26. The third-order valence-electron chi connectivity index (χ3n) is 2.75. The summed E-state index contributed by atoms with van der Waals surface area (Å²) in [7, 11) is 0. The Bertz CT molecular complexity index is 675. The molecular formula is C14H11BrClN3O. The minimum absolute atomic E-state index is 0.236. The predicted molar refractivity (Wildman–Crippen MR) is 80.7 cm³/mol. The molecule has 0 saturated carbocycles. The Morgan fingerprint density at radius 2 is 2.25 bits per heavy atom. The van der Waals surface area contributed by atoms with Crippen molar-refractivity contribution in [1.82, 2.24) is 10.3 Å². The number of aromatic nitrogens is 1. The summed E-state index contributed by atoms with van der Waals surface area (Å²) in [5.74, 6) is -0.236. The van der Waals surface area contributed by atoms with Crippen molar-refractivity contribution in [2.24, 2.45) is 0 Å². The highest BCUT2D eigenvalue weighted by molar-refractivity contribution is 9.10. The molecule has 1 aromatic carbocycles. The van der Waals surface area contributed by atoms with Gasteiger partial charge in [0.15, 0.2) is 0 Å². The minimum atomic E-state index is -0.236. The molecule has 0 atom stereocenters. The van der Waals surface area contributed by atoms with Gasteiger partial charge in [0.2, 0.25) is 0 Å². The zero-order chi connectivity index (χ0) is 14.5. The van der Waals surface area contributed by atoms with Crippen LogP contribution in [0.15, 0.2) is 34.9 Å². The number of amides is 1. The number of hydrogen-bond acceptors (Lipinski definition) is 2. The lowest BCUT2D eigenvalue weighted by atomic mass is 10.1. The van der Waals surface area contributed by atoms with Crippen molar-refractivity contribution in [3.63, 3.8) is 0 Å². The van der Waals surface area contributed by atoms with Crippen LogP contribution in [0, 0.1) is 11.3 Å². The molecule has 0 bridgehead atoms. The Balaban J connectivity index is 1.89. The van der Waals surface area contributed by atoms with Gasteiger partial charge in [0, 0.05) is 22.2 Å². The summed E-state index contributed by atoms with van der Waals surface area (Å²) >= 11 is 9.44. The SMILES string of the molecule is N#Cc1c[nH]c(C(=O)NCCc2ccc(Br)cc2Cl)c1. The van der Waals surface area contributed by atoms with Gasteiger partial charge in [0.25, 0.3) is 5.91 Å². The van der Waals surface area contributed by atoms with Gasteiger partial charge >= 0.3 is 0 Å². The summed E-state index contributed by atoms with van der Waals surface area (Å²) in [4.78, 5) is 14.6. The Morgan fingerprint density at radius 3 is 2.90 bits per heavy atom. The number of carbonyl (C=O) groups is 1. The van der Waals surface area contributed by atoms with E-state index in [1.165, 1.54) is 12.3 Å². The Labute approximate surface area is 129 Å². The van der Waals surface area contributed by atoms with Crippen LogP contribution in [0.5, 0.6) is 0 Å². The summed E-state index contributed by atoms with van der Waals surface area (Å²) < 4.78 is 0.922. The lowest BCUT2D eigenvalue weighted by Gasteiger charge is -2.06. The zero-order valence-corrected chi connectivity index (χ0v) is 12.8. The minimum Gasteiger partial charge on any atom is -0.356 e. The van der Waals surface area contributed by atoms with Crippen molar-refractivity contribution in [2.45, 2.75) is 6.42 Å². The summed E-state index contributed by atoms with van der Waals surface area (Å²) in [5, 5.41) is 12.1. The fourth-order valence-electron chi connectivity index (χ4n) is 1.72. The van der Waals surface area contributed by atoms with Gasteiger partial charge in [0.1, 0.15) is 11.8 Å². The quantitative estimate of drug-likeness (QED) is 0.886. The molecule has 0 unspecified atom stereocenters. The number of benzene rings is 1. The van der Waals surface area contributed by atoms with Crippen LogP contribution in [0.25, 0.3) is 0 Å². The highest BCUT2D eigenvalue weighted by Gasteiger charge is 2.08.